The Morgan fingerprint density at radius 1 is 1.15 bits per heavy atom. The van der Waals surface area contributed by atoms with Gasteiger partial charge in [0, 0.05) is 28.5 Å². The molecule has 1 aromatic heterocycles. The highest BCUT2D eigenvalue weighted by atomic mass is 35.5. The van der Waals surface area contributed by atoms with Gasteiger partial charge in [-0.25, -0.2) is 4.79 Å². The van der Waals surface area contributed by atoms with Crippen LogP contribution in [0.4, 0.5) is 0 Å². The van der Waals surface area contributed by atoms with E-state index in [0.29, 0.717) is 33.6 Å². The zero-order valence-corrected chi connectivity index (χ0v) is 23.1. The van der Waals surface area contributed by atoms with Gasteiger partial charge in [0.25, 0.3) is 5.91 Å². The van der Waals surface area contributed by atoms with Crippen LogP contribution in [0.1, 0.15) is 16.7 Å². The highest BCUT2D eigenvalue weighted by Crippen LogP contribution is 2.37. The molecule has 1 aliphatic rings. The maximum Gasteiger partial charge on any atom is 0.327 e. The van der Waals surface area contributed by atoms with E-state index in [-0.39, 0.29) is 10.7 Å². The number of nitrogens with zero attached hydrogens (tertiary/aromatic N) is 1. The average molecular weight is 579 g/mol. The summed E-state index contributed by atoms with van der Waals surface area (Å²) in [4.78, 5) is 30.3. The van der Waals surface area contributed by atoms with E-state index in [0.717, 1.165) is 33.8 Å². The first-order valence-electron chi connectivity index (χ1n) is 11.9. The predicted octanol–water partition coefficient (Wildman–Crippen LogP) is 6.31. The number of carboxylic acid groups (broad SMARTS) is 1. The number of ether oxygens (including phenoxy) is 2. The normalized spacial score (nSPS) is 15.2. The molecule has 5 rings (SSSR count). The van der Waals surface area contributed by atoms with Crippen molar-refractivity contribution in [2.45, 2.75) is 19.1 Å². The Hall–Kier alpha value is -3.79. The lowest BCUT2D eigenvalue weighted by atomic mass is 10.0. The maximum absolute atomic E-state index is 13.4. The molecule has 0 saturated carbocycles. The number of hydrogen-bond acceptors (Lipinski definition) is 6. The fourth-order valence-corrected chi connectivity index (χ4v) is 5.82. The molecule has 2 heterocycles. The summed E-state index contributed by atoms with van der Waals surface area (Å²) in [6.07, 6.45) is 3.57. The molecule has 2 N–H and O–H groups in total. The molecule has 1 atom stereocenters. The predicted molar refractivity (Wildman–Crippen MR) is 157 cm³/mol. The summed E-state index contributed by atoms with van der Waals surface area (Å²) in [5.74, 6) is -0.529. The van der Waals surface area contributed by atoms with Crippen LogP contribution in [0.3, 0.4) is 0 Å². The number of thioether (sulfide) groups is 1. The van der Waals surface area contributed by atoms with Crippen molar-refractivity contribution in [2.24, 2.45) is 0 Å². The average Bonchev–Trinajstić information content (AvgIpc) is 3.46. The van der Waals surface area contributed by atoms with E-state index < -0.39 is 17.9 Å². The van der Waals surface area contributed by atoms with Crippen LogP contribution in [0, 0.1) is 0 Å². The lowest BCUT2D eigenvalue weighted by Crippen LogP contribution is -2.45. The number of H-pyrrole nitrogens is 1. The fourth-order valence-electron chi connectivity index (χ4n) is 4.33. The van der Waals surface area contributed by atoms with Crippen LogP contribution in [-0.4, -0.2) is 44.3 Å². The molecule has 0 spiro atoms. The number of para-hydroxylation sites is 1. The van der Waals surface area contributed by atoms with Crippen molar-refractivity contribution in [3.05, 3.63) is 99.5 Å². The highest BCUT2D eigenvalue weighted by molar-refractivity contribution is 8.26. The summed E-state index contributed by atoms with van der Waals surface area (Å²) in [7, 11) is 1.54. The topological polar surface area (TPSA) is 91.9 Å². The van der Waals surface area contributed by atoms with Crippen LogP contribution >= 0.6 is 35.6 Å². The van der Waals surface area contributed by atoms with E-state index in [2.05, 4.69) is 4.98 Å². The molecule has 198 valence electrons. The molecule has 4 aromatic rings. The Balaban J connectivity index is 1.34. The van der Waals surface area contributed by atoms with Crippen molar-refractivity contribution in [3.63, 3.8) is 0 Å². The Morgan fingerprint density at radius 3 is 2.67 bits per heavy atom. The second-order valence-corrected chi connectivity index (χ2v) is 10.9. The van der Waals surface area contributed by atoms with Crippen LogP contribution in [0.15, 0.2) is 77.8 Å². The third-order valence-electron chi connectivity index (χ3n) is 6.30. The van der Waals surface area contributed by atoms with Crippen molar-refractivity contribution < 1.29 is 24.2 Å². The van der Waals surface area contributed by atoms with E-state index in [4.69, 9.17) is 33.3 Å². The van der Waals surface area contributed by atoms with Crippen LogP contribution < -0.4 is 9.47 Å². The molecule has 3 aromatic carbocycles. The highest BCUT2D eigenvalue weighted by Gasteiger charge is 2.40. The number of methoxy groups -OCH3 is 1. The number of fused-ring (bicyclic) bond motifs is 1. The molecule has 10 heteroatoms. The Morgan fingerprint density at radius 2 is 1.92 bits per heavy atom. The molecule has 0 bridgehead atoms. The van der Waals surface area contributed by atoms with Gasteiger partial charge in [-0.2, -0.15) is 0 Å². The van der Waals surface area contributed by atoms with Gasteiger partial charge in [-0.3, -0.25) is 9.69 Å². The van der Waals surface area contributed by atoms with Crippen LogP contribution in [0.5, 0.6) is 11.5 Å². The Bertz CT molecular complexity index is 1600. The van der Waals surface area contributed by atoms with E-state index in [9.17, 15) is 14.7 Å². The zero-order chi connectivity index (χ0) is 27.5. The second-order valence-electron chi connectivity index (χ2n) is 8.79. The molecule has 0 aliphatic carbocycles. The number of benzene rings is 3. The van der Waals surface area contributed by atoms with Gasteiger partial charge in [0.05, 0.1) is 12.0 Å². The van der Waals surface area contributed by atoms with Gasteiger partial charge < -0.3 is 19.6 Å². The van der Waals surface area contributed by atoms with Gasteiger partial charge >= 0.3 is 5.97 Å². The summed E-state index contributed by atoms with van der Waals surface area (Å²) in [5, 5.41) is 11.6. The molecule has 1 saturated heterocycles. The number of aliphatic carboxylic acids is 1. The molecule has 7 nitrogen and oxygen atoms in total. The van der Waals surface area contributed by atoms with Gasteiger partial charge in [-0.15, -0.1) is 0 Å². The summed E-state index contributed by atoms with van der Waals surface area (Å²) >= 11 is 12.5. The number of hydrogen-bond donors (Lipinski definition) is 2. The van der Waals surface area contributed by atoms with Gasteiger partial charge in [0.1, 0.15) is 17.0 Å². The SMILES string of the molecule is COc1cc(/C=C2\SC(=S)N(C(Cc3c[nH]c4ccccc34)C(=O)O)C2=O)ccc1OCc1ccc(Cl)cc1. The third-order valence-corrected chi connectivity index (χ3v) is 7.88. The number of halogens is 1. The van der Waals surface area contributed by atoms with Crippen molar-refractivity contribution in [3.8, 4) is 11.5 Å². The number of aromatic amines is 1. The summed E-state index contributed by atoms with van der Waals surface area (Å²) in [6, 6.07) is 19.2. The van der Waals surface area contributed by atoms with Gasteiger partial charge in [-0.1, -0.05) is 72.0 Å². The first-order valence-corrected chi connectivity index (χ1v) is 13.5. The number of carbonyl (C=O) groups excluding carboxylic acids is 1. The number of thiocarbonyl (C=S) groups is 1. The first-order chi connectivity index (χ1) is 18.8. The monoisotopic (exact) mass is 578 g/mol. The maximum atomic E-state index is 13.4. The Kier molecular flexibility index (Phi) is 7.92. The van der Waals surface area contributed by atoms with Gasteiger partial charge in [-0.05, 0) is 53.1 Å². The number of nitrogens with one attached hydrogen (secondary N) is 1. The Labute approximate surface area is 239 Å². The molecular weight excluding hydrogens is 556 g/mol. The van der Waals surface area contributed by atoms with Crippen molar-refractivity contribution in [1.29, 1.82) is 0 Å². The zero-order valence-electron chi connectivity index (χ0n) is 20.7. The first kappa shape index (κ1) is 26.8. The van der Waals surface area contributed by atoms with Crippen molar-refractivity contribution >= 4 is 68.8 Å². The van der Waals surface area contributed by atoms with E-state index in [1.54, 1.807) is 42.6 Å². The van der Waals surface area contributed by atoms with Gasteiger partial charge in [0.15, 0.2) is 11.5 Å². The summed E-state index contributed by atoms with van der Waals surface area (Å²) < 4.78 is 11.6. The van der Waals surface area contributed by atoms with Crippen LogP contribution in [-0.2, 0) is 22.6 Å². The standard InChI is InChI=1S/C29H23ClN2O5S2/c1-36-25-12-18(8-11-24(25)37-16-17-6-9-20(30)10-7-17)13-26-27(33)32(29(38)39-26)23(28(34)35)14-19-15-31-22-5-3-2-4-21(19)22/h2-13,15,23,31H,14,16H2,1H3,(H,34,35)/b26-13-. The minimum Gasteiger partial charge on any atom is -0.493 e. The molecule has 1 aliphatic heterocycles. The molecule has 39 heavy (non-hydrogen) atoms. The number of carboxylic acids is 1. The molecular formula is C29H23ClN2O5S2. The quantitative estimate of drug-likeness (QED) is 0.178. The van der Waals surface area contributed by atoms with Crippen LogP contribution in [0.2, 0.25) is 5.02 Å². The molecule has 0 radical (unpaired) electrons. The summed E-state index contributed by atoms with van der Waals surface area (Å²) in [5.41, 5.74) is 3.34. The lowest BCUT2D eigenvalue weighted by Gasteiger charge is -2.23. The number of carbonyl (C=O) groups is 2. The number of rotatable bonds is 9. The smallest absolute Gasteiger partial charge is 0.327 e. The van der Waals surface area contributed by atoms with Gasteiger partial charge in [0.2, 0.25) is 0 Å². The van der Waals surface area contributed by atoms with E-state index >= 15 is 0 Å². The van der Waals surface area contributed by atoms with Crippen LogP contribution in [0.25, 0.3) is 17.0 Å². The van der Waals surface area contributed by atoms with E-state index in [1.165, 1.54) is 12.0 Å². The third kappa shape index (κ3) is 5.80. The van der Waals surface area contributed by atoms with Crippen molar-refractivity contribution in [1.82, 2.24) is 9.88 Å². The van der Waals surface area contributed by atoms with E-state index in [1.807, 2.05) is 36.4 Å². The largest absolute Gasteiger partial charge is 0.493 e. The molecule has 1 amide bonds. The molecule has 1 fully saturated rings. The minimum absolute atomic E-state index is 0.118. The molecule has 1 unspecified atom stereocenters. The second kappa shape index (κ2) is 11.5. The lowest BCUT2D eigenvalue weighted by molar-refractivity contribution is -0.145. The summed E-state index contributed by atoms with van der Waals surface area (Å²) in [6.45, 7) is 0.332. The van der Waals surface area contributed by atoms with Crippen molar-refractivity contribution in [2.75, 3.05) is 7.11 Å². The minimum atomic E-state index is -1.14. The number of aromatic nitrogens is 1. The fraction of sp³-hybridized carbons (Fsp3) is 0.138. The number of amides is 1.